The van der Waals surface area contributed by atoms with Crippen LogP contribution in [-0.2, 0) is 19.9 Å². The Hall–Kier alpha value is -1.65. The number of benzene rings is 1. The minimum Gasteiger partial charge on any atom is -0.467 e. The van der Waals surface area contributed by atoms with Gasteiger partial charge in [0.15, 0.2) is 5.60 Å². The van der Waals surface area contributed by atoms with Gasteiger partial charge in [0.1, 0.15) is 5.60 Å². The molecule has 2 atom stereocenters. The number of carbonyl (C=O) groups excluding carboxylic acids is 1. The molecule has 3 rings (SSSR count). The van der Waals surface area contributed by atoms with Crippen molar-refractivity contribution in [3.05, 3.63) is 46.8 Å². The molecule has 1 aromatic carbocycles. The molecule has 0 N–H and O–H groups in total. The van der Waals surface area contributed by atoms with Crippen molar-refractivity contribution in [2.45, 2.75) is 32.0 Å². The van der Waals surface area contributed by atoms with Crippen LogP contribution in [0.4, 0.5) is 0 Å². The molecule has 0 radical (unpaired) electrons. The third kappa shape index (κ3) is 2.01. The van der Waals surface area contributed by atoms with E-state index in [4.69, 9.17) is 9.47 Å². The van der Waals surface area contributed by atoms with Crippen LogP contribution in [0, 0.1) is 6.92 Å². The molecule has 0 bridgehead atoms. The van der Waals surface area contributed by atoms with Crippen LogP contribution in [0.3, 0.4) is 0 Å². The van der Waals surface area contributed by atoms with Gasteiger partial charge >= 0.3 is 5.97 Å². The Bertz CT molecular complexity index is 688. The van der Waals surface area contributed by atoms with Gasteiger partial charge in [-0.2, -0.15) is 0 Å². The van der Waals surface area contributed by atoms with Gasteiger partial charge in [0, 0.05) is 4.88 Å². The highest BCUT2D eigenvalue weighted by Crippen LogP contribution is 2.56. The van der Waals surface area contributed by atoms with Gasteiger partial charge in [0.05, 0.1) is 7.11 Å². The monoisotopic (exact) mass is 302 g/mol. The number of esters is 1. The molecular formula is C17H18O3S. The summed E-state index contributed by atoms with van der Waals surface area (Å²) in [6, 6.07) is 10.3. The Labute approximate surface area is 128 Å². The quantitative estimate of drug-likeness (QED) is 0.637. The van der Waals surface area contributed by atoms with E-state index in [9.17, 15) is 4.79 Å². The van der Waals surface area contributed by atoms with Crippen LogP contribution in [0.2, 0.25) is 0 Å². The second-order valence-electron chi connectivity index (χ2n) is 5.67. The zero-order valence-corrected chi connectivity index (χ0v) is 13.4. The number of hydrogen-bond donors (Lipinski definition) is 0. The SMILES string of the molecule is COC(=O)C1(C)OC1(C)c1ccc(-c2sccc2C)cc1. The molecule has 3 nitrogen and oxygen atoms in total. The molecule has 1 aromatic heterocycles. The fourth-order valence-electron chi connectivity index (χ4n) is 2.76. The van der Waals surface area contributed by atoms with E-state index in [1.54, 1.807) is 18.3 Å². The standard InChI is InChI=1S/C17H18O3S/c1-11-9-10-21-14(11)12-5-7-13(8-6-12)16(2)17(3,20-16)15(18)19-4/h5-10H,1-4H3. The Morgan fingerprint density at radius 2 is 1.86 bits per heavy atom. The molecule has 21 heavy (non-hydrogen) atoms. The highest BCUT2D eigenvalue weighted by atomic mass is 32.1. The van der Waals surface area contributed by atoms with Crippen molar-refractivity contribution in [3.8, 4) is 10.4 Å². The maximum atomic E-state index is 11.8. The molecule has 2 aromatic rings. The second kappa shape index (κ2) is 4.68. The predicted octanol–water partition coefficient (Wildman–Crippen LogP) is 3.90. The topological polar surface area (TPSA) is 38.8 Å². The molecule has 2 unspecified atom stereocenters. The van der Waals surface area contributed by atoms with Crippen molar-refractivity contribution in [1.82, 2.24) is 0 Å². The predicted molar refractivity (Wildman–Crippen MR) is 83.4 cm³/mol. The summed E-state index contributed by atoms with van der Waals surface area (Å²) in [7, 11) is 1.39. The molecule has 0 spiro atoms. The molecule has 1 fully saturated rings. The Morgan fingerprint density at radius 1 is 1.19 bits per heavy atom. The summed E-state index contributed by atoms with van der Waals surface area (Å²) in [4.78, 5) is 13.1. The molecular weight excluding hydrogens is 284 g/mol. The summed E-state index contributed by atoms with van der Waals surface area (Å²) in [6.45, 7) is 5.81. The lowest BCUT2D eigenvalue weighted by Gasteiger charge is -2.12. The fourth-order valence-corrected chi connectivity index (χ4v) is 3.69. The maximum absolute atomic E-state index is 11.8. The van der Waals surface area contributed by atoms with Crippen LogP contribution in [0.25, 0.3) is 10.4 Å². The molecule has 2 heterocycles. The molecule has 110 valence electrons. The summed E-state index contributed by atoms with van der Waals surface area (Å²) in [6.07, 6.45) is 0. The lowest BCUT2D eigenvalue weighted by atomic mass is 9.88. The van der Waals surface area contributed by atoms with E-state index in [-0.39, 0.29) is 5.97 Å². The van der Waals surface area contributed by atoms with Gasteiger partial charge in [-0.25, -0.2) is 4.79 Å². The second-order valence-corrected chi connectivity index (χ2v) is 6.59. The minimum absolute atomic E-state index is 0.330. The lowest BCUT2D eigenvalue weighted by Crippen LogP contribution is -2.29. The molecule has 0 aliphatic carbocycles. The van der Waals surface area contributed by atoms with Crippen molar-refractivity contribution in [3.63, 3.8) is 0 Å². The number of epoxide rings is 1. The summed E-state index contributed by atoms with van der Waals surface area (Å²) in [5.74, 6) is -0.330. The number of hydrogen-bond acceptors (Lipinski definition) is 4. The van der Waals surface area contributed by atoms with Crippen molar-refractivity contribution >= 4 is 17.3 Å². The average Bonchev–Trinajstić information content (AvgIpc) is 2.83. The van der Waals surface area contributed by atoms with Gasteiger partial charge in [-0.15, -0.1) is 11.3 Å². The first-order valence-electron chi connectivity index (χ1n) is 6.86. The first-order valence-corrected chi connectivity index (χ1v) is 7.74. The summed E-state index contributed by atoms with van der Waals surface area (Å²) in [5.41, 5.74) is 1.97. The number of carbonyl (C=O) groups is 1. The summed E-state index contributed by atoms with van der Waals surface area (Å²) < 4.78 is 10.5. The van der Waals surface area contributed by atoms with Gasteiger partial charge < -0.3 is 9.47 Å². The first kappa shape index (κ1) is 14.3. The molecule has 1 saturated heterocycles. The van der Waals surface area contributed by atoms with E-state index in [1.807, 2.05) is 19.1 Å². The smallest absolute Gasteiger partial charge is 0.341 e. The molecule has 1 aliphatic rings. The van der Waals surface area contributed by atoms with Crippen LogP contribution in [0.5, 0.6) is 0 Å². The number of thiophene rings is 1. The van der Waals surface area contributed by atoms with Crippen LogP contribution in [-0.4, -0.2) is 18.7 Å². The van der Waals surface area contributed by atoms with Crippen LogP contribution < -0.4 is 0 Å². The van der Waals surface area contributed by atoms with Gasteiger partial charge in [0.25, 0.3) is 0 Å². The van der Waals surface area contributed by atoms with Crippen molar-refractivity contribution in [2.75, 3.05) is 7.11 Å². The van der Waals surface area contributed by atoms with Gasteiger partial charge in [-0.05, 0) is 48.9 Å². The highest BCUT2D eigenvalue weighted by Gasteiger charge is 2.70. The van der Waals surface area contributed by atoms with E-state index in [0.717, 1.165) is 5.56 Å². The van der Waals surface area contributed by atoms with Crippen molar-refractivity contribution < 1.29 is 14.3 Å². The highest BCUT2D eigenvalue weighted by molar-refractivity contribution is 7.13. The van der Waals surface area contributed by atoms with Crippen LogP contribution >= 0.6 is 11.3 Å². The zero-order chi connectivity index (χ0) is 15.3. The maximum Gasteiger partial charge on any atom is 0.341 e. The molecule has 4 heteroatoms. The third-order valence-corrected chi connectivity index (χ3v) is 5.48. The normalized spacial score (nSPS) is 27.4. The zero-order valence-electron chi connectivity index (χ0n) is 12.6. The first-order chi connectivity index (χ1) is 9.92. The van der Waals surface area contributed by atoms with Crippen LogP contribution in [0.15, 0.2) is 35.7 Å². The Kier molecular flexibility index (Phi) is 3.19. The summed E-state index contributed by atoms with van der Waals surface area (Å²) in [5, 5.41) is 2.10. The van der Waals surface area contributed by atoms with E-state index in [1.165, 1.54) is 23.1 Å². The minimum atomic E-state index is -0.887. The number of ether oxygens (including phenoxy) is 2. The van der Waals surface area contributed by atoms with Crippen LogP contribution in [0.1, 0.15) is 25.0 Å². The third-order valence-electron chi connectivity index (χ3n) is 4.41. The molecule has 1 aliphatic heterocycles. The molecule has 0 amide bonds. The largest absolute Gasteiger partial charge is 0.467 e. The molecule has 0 saturated carbocycles. The van der Waals surface area contributed by atoms with E-state index >= 15 is 0 Å². The Morgan fingerprint density at radius 3 is 2.38 bits per heavy atom. The van der Waals surface area contributed by atoms with Crippen molar-refractivity contribution in [1.29, 1.82) is 0 Å². The lowest BCUT2D eigenvalue weighted by molar-refractivity contribution is -0.146. The van der Waals surface area contributed by atoms with E-state index in [2.05, 4.69) is 30.5 Å². The Balaban J connectivity index is 1.90. The van der Waals surface area contributed by atoms with E-state index in [0.29, 0.717) is 0 Å². The van der Waals surface area contributed by atoms with E-state index < -0.39 is 11.2 Å². The average molecular weight is 302 g/mol. The number of aryl methyl sites for hydroxylation is 1. The van der Waals surface area contributed by atoms with Crippen molar-refractivity contribution in [2.24, 2.45) is 0 Å². The van der Waals surface area contributed by atoms with Gasteiger partial charge in [-0.1, -0.05) is 24.3 Å². The number of methoxy groups -OCH3 is 1. The fraction of sp³-hybridized carbons (Fsp3) is 0.353. The van der Waals surface area contributed by atoms with Gasteiger partial charge in [-0.3, -0.25) is 0 Å². The summed E-state index contributed by atoms with van der Waals surface area (Å²) >= 11 is 1.73. The number of rotatable bonds is 3. The van der Waals surface area contributed by atoms with Gasteiger partial charge in [0.2, 0.25) is 0 Å².